The van der Waals surface area contributed by atoms with Gasteiger partial charge in [0.2, 0.25) is 0 Å². The summed E-state index contributed by atoms with van der Waals surface area (Å²) in [6.45, 7) is 4.87. The molecule has 156 valence electrons. The van der Waals surface area contributed by atoms with Gasteiger partial charge in [0.15, 0.2) is 15.4 Å². The average Bonchev–Trinajstić information content (AvgIpc) is 3.17. The molecule has 0 atom stereocenters. The highest BCUT2D eigenvalue weighted by molar-refractivity contribution is 7.73. The van der Waals surface area contributed by atoms with Crippen LogP contribution in [-0.4, -0.2) is 52.2 Å². The normalized spacial score (nSPS) is 15.2. The van der Waals surface area contributed by atoms with Crippen molar-refractivity contribution in [3.05, 3.63) is 82.6 Å². The van der Waals surface area contributed by atoms with Gasteiger partial charge < -0.3 is 4.90 Å². The van der Waals surface area contributed by atoms with E-state index in [9.17, 15) is 0 Å². The van der Waals surface area contributed by atoms with Crippen molar-refractivity contribution in [2.75, 3.05) is 37.6 Å². The molecule has 0 spiro atoms. The molecule has 4 aromatic rings. The third-order valence-corrected chi connectivity index (χ3v) is 6.87. The molecule has 0 saturated carbocycles. The molecule has 1 aliphatic heterocycles. The first-order valence-electron chi connectivity index (χ1n) is 10.4. The maximum atomic E-state index is 5.68. The van der Waals surface area contributed by atoms with Crippen LogP contribution in [-0.2, 0) is 0 Å². The van der Waals surface area contributed by atoms with E-state index < -0.39 is 0 Å². The summed E-state index contributed by atoms with van der Waals surface area (Å²) in [7, 11) is 0. The highest BCUT2D eigenvalue weighted by Gasteiger charge is 2.21. The van der Waals surface area contributed by atoms with Crippen LogP contribution >= 0.6 is 23.6 Å². The van der Waals surface area contributed by atoms with Crippen molar-refractivity contribution in [2.24, 2.45) is 0 Å². The SMILES string of the molecule is S=c1sc2c(N3CCN(CC=Cc4ccccc4)CC3)ncnc2n1-c1ccccc1. The largest absolute Gasteiger partial charge is 0.353 e. The number of thiazole rings is 1. The Bertz CT molecular complexity index is 1240. The highest BCUT2D eigenvalue weighted by Crippen LogP contribution is 2.32. The molecule has 0 N–H and O–H groups in total. The van der Waals surface area contributed by atoms with Crippen LogP contribution in [0.15, 0.2) is 73.1 Å². The van der Waals surface area contributed by atoms with Crippen LogP contribution in [0.5, 0.6) is 0 Å². The van der Waals surface area contributed by atoms with Gasteiger partial charge in [0, 0.05) is 38.4 Å². The highest BCUT2D eigenvalue weighted by atomic mass is 32.1. The fraction of sp³-hybridized carbons (Fsp3) is 0.208. The van der Waals surface area contributed by atoms with Crippen LogP contribution in [0.4, 0.5) is 5.82 Å². The van der Waals surface area contributed by atoms with E-state index in [0.717, 1.165) is 58.5 Å². The molecule has 5 nitrogen and oxygen atoms in total. The number of rotatable bonds is 5. The first-order chi connectivity index (χ1) is 15.3. The Balaban J connectivity index is 1.31. The standard InChI is InChI=1S/C24H23N5S2/c30-24-29(20-11-5-2-6-12-20)23-21(31-24)22(25-18-26-23)28-16-14-27(15-17-28)13-7-10-19-8-3-1-4-9-19/h1-12,18H,13-17H2. The number of anilines is 1. The summed E-state index contributed by atoms with van der Waals surface area (Å²) in [5.41, 5.74) is 3.17. The van der Waals surface area contributed by atoms with Crippen LogP contribution in [0.25, 0.3) is 22.1 Å². The molecule has 1 saturated heterocycles. The second kappa shape index (κ2) is 9.09. The second-order valence-electron chi connectivity index (χ2n) is 7.49. The lowest BCUT2D eigenvalue weighted by molar-refractivity contribution is 0.284. The Labute approximate surface area is 190 Å². The predicted octanol–water partition coefficient (Wildman–Crippen LogP) is 5.05. The van der Waals surface area contributed by atoms with Gasteiger partial charge in [0.1, 0.15) is 11.0 Å². The van der Waals surface area contributed by atoms with Gasteiger partial charge in [0.25, 0.3) is 0 Å². The summed E-state index contributed by atoms with van der Waals surface area (Å²) in [6.07, 6.45) is 6.10. The molecule has 0 amide bonds. The number of benzene rings is 2. The number of fused-ring (bicyclic) bond motifs is 1. The number of piperazine rings is 1. The zero-order chi connectivity index (χ0) is 21.0. The molecule has 3 heterocycles. The van der Waals surface area contributed by atoms with Crippen LogP contribution in [0.1, 0.15) is 5.56 Å². The predicted molar refractivity (Wildman–Crippen MR) is 132 cm³/mol. The Kier molecular flexibility index (Phi) is 5.88. The van der Waals surface area contributed by atoms with Gasteiger partial charge in [-0.2, -0.15) is 0 Å². The molecule has 0 aliphatic carbocycles. The topological polar surface area (TPSA) is 37.2 Å². The molecular weight excluding hydrogens is 422 g/mol. The van der Waals surface area contributed by atoms with E-state index in [0.29, 0.717) is 0 Å². The lowest BCUT2D eigenvalue weighted by atomic mass is 10.2. The van der Waals surface area contributed by atoms with Crippen molar-refractivity contribution in [1.29, 1.82) is 0 Å². The Morgan fingerprint density at radius 2 is 1.61 bits per heavy atom. The van der Waals surface area contributed by atoms with E-state index in [1.165, 1.54) is 5.56 Å². The minimum Gasteiger partial charge on any atom is -0.353 e. The summed E-state index contributed by atoms with van der Waals surface area (Å²) < 4.78 is 3.91. The molecule has 7 heteroatoms. The van der Waals surface area contributed by atoms with Gasteiger partial charge in [-0.25, -0.2) is 9.97 Å². The van der Waals surface area contributed by atoms with Gasteiger partial charge >= 0.3 is 0 Å². The lowest BCUT2D eigenvalue weighted by Gasteiger charge is -2.34. The second-order valence-corrected chi connectivity index (χ2v) is 9.13. The maximum absolute atomic E-state index is 5.68. The van der Waals surface area contributed by atoms with E-state index in [1.807, 2.05) is 28.8 Å². The van der Waals surface area contributed by atoms with Gasteiger partial charge in [0.05, 0.1) is 0 Å². The Morgan fingerprint density at radius 3 is 2.35 bits per heavy atom. The van der Waals surface area contributed by atoms with Crippen LogP contribution < -0.4 is 4.90 Å². The molecule has 0 unspecified atom stereocenters. The van der Waals surface area contributed by atoms with E-state index in [2.05, 4.69) is 68.3 Å². The van der Waals surface area contributed by atoms with Gasteiger partial charge in [-0.05, 0) is 29.9 Å². The van der Waals surface area contributed by atoms with E-state index >= 15 is 0 Å². The molecule has 31 heavy (non-hydrogen) atoms. The average molecular weight is 446 g/mol. The number of para-hydroxylation sites is 1. The summed E-state index contributed by atoms with van der Waals surface area (Å²) >= 11 is 7.27. The monoisotopic (exact) mass is 445 g/mol. The summed E-state index contributed by atoms with van der Waals surface area (Å²) in [6, 6.07) is 20.6. The van der Waals surface area contributed by atoms with Gasteiger partial charge in [-0.15, -0.1) is 0 Å². The molecule has 0 bridgehead atoms. The van der Waals surface area contributed by atoms with E-state index in [-0.39, 0.29) is 0 Å². The quantitative estimate of drug-likeness (QED) is 0.402. The third kappa shape index (κ3) is 4.30. The minimum atomic E-state index is 0.799. The number of aromatic nitrogens is 3. The number of nitrogens with zero attached hydrogens (tertiary/aromatic N) is 5. The van der Waals surface area contributed by atoms with Crippen LogP contribution in [0, 0.1) is 3.95 Å². The zero-order valence-electron chi connectivity index (χ0n) is 17.1. The summed E-state index contributed by atoms with van der Waals surface area (Å²) in [5, 5.41) is 0. The van der Waals surface area contributed by atoms with Gasteiger partial charge in [-0.3, -0.25) is 9.47 Å². The van der Waals surface area contributed by atoms with Crippen molar-refractivity contribution in [3.63, 3.8) is 0 Å². The van der Waals surface area contributed by atoms with Crippen molar-refractivity contribution >= 4 is 45.8 Å². The lowest BCUT2D eigenvalue weighted by Crippen LogP contribution is -2.46. The molecule has 0 radical (unpaired) electrons. The minimum absolute atomic E-state index is 0.799. The fourth-order valence-corrected chi connectivity index (χ4v) is 5.31. The summed E-state index contributed by atoms with van der Waals surface area (Å²) in [4.78, 5) is 14.0. The molecular formula is C24H23N5S2. The first-order valence-corrected chi connectivity index (χ1v) is 11.6. The van der Waals surface area contributed by atoms with Crippen molar-refractivity contribution in [3.8, 4) is 5.69 Å². The Hall–Kier alpha value is -2.87. The van der Waals surface area contributed by atoms with Crippen molar-refractivity contribution in [2.45, 2.75) is 0 Å². The molecule has 1 aliphatic rings. The number of hydrogen-bond donors (Lipinski definition) is 0. The number of hydrogen-bond acceptors (Lipinski definition) is 6. The molecule has 1 fully saturated rings. The van der Waals surface area contributed by atoms with E-state index in [1.54, 1.807) is 17.7 Å². The van der Waals surface area contributed by atoms with Gasteiger partial charge in [-0.1, -0.05) is 72.0 Å². The van der Waals surface area contributed by atoms with Crippen molar-refractivity contribution in [1.82, 2.24) is 19.4 Å². The smallest absolute Gasteiger partial charge is 0.168 e. The Morgan fingerprint density at radius 1 is 0.903 bits per heavy atom. The molecule has 2 aromatic carbocycles. The van der Waals surface area contributed by atoms with E-state index in [4.69, 9.17) is 12.2 Å². The van der Waals surface area contributed by atoms with Crippen molar-refractivity contribution < 1.29 is 0 Å². The fourth-order valence-electron chi connectivity index (χ4n) is 3.90. The van der Waals surface area contributed by atoms with Crippen LogP contribution in [0.2, 0.25) is 0 Å². The molecule has 2 aromatic heterocycles. The first kappa shape index (κ1) is 20.1. The maximum Gasteiger partial charge on any atom is 0.168 e. The zero-order valence-corrected chi connectivity index (χ0v) is 18.7. The summed E-state index contributed by atoms with van der Waals surface area (Å²) in [5.74, 6) is 0.996. The molecule has 5 rings (SSSR count). The van der Waals surface area contributed by atoms with Crippen LogP contribution in [0.3, 0.4) is 0 Å². The third-order valence-electron chi connectivity index (χ3n) is 5.51.